The molecule has 0 aliphatic rings. The van der Waals surface area contributed by atoms with Gasteiger partial charge in [-0.2, -0.15) is 0 Å². The van der Waals surface area contributed by atoms with Crippen molar-refractivity contribution in [2.24, 2.45) is 5.92 Å². The third kappa shape index (κ3) is 4.19. The first kappa shape index (κ1) is 13.0. The molecule has 88 valence electrons. The summed E-state index contributed by atoms with van der Waals surface area (Å²) in [6, 6.07) is 3.36. The summed E-state index contributed by atoms with van der Waals surface area (Å²) in [5.41, 5.74) is 0.364. The number of nitrogens with one attached hydrogen (secondary N) is 1. The van der Waals surface area contributed by atoms with Crippen LogP contribution >= 0.6 is 11.6 Å². The number of carbonyl (C=O) groups excluding carboxylic acids is 1. The number of hydrogen-bond acceptors (Lipinski definition) is 2. The van der Waals surface area contributed by atoms with Gasteiger partial charge < -0.3 is 5.32 Å². The fourth-order valence-electron chi connectivity index (χ4n) is 1.59. The summed E-state index contributed by atoms with van der Waals surface area (Å²) < 4.78 is 0. The fraction of sp³-hybridized carbons (Fsp3) is 0.500. The van der Waals surface area contributed by atoms with E-state index in [4.69, 9.17) is 11.6 Å². The van der Waals surface area contributed by atoms with Crippen LogP contribution < -0.4 is 5.32 Å². The summed E-state index contributed by atoms with van der Waals surface area (Å²) >= 11 is 5.79. The third-order valence-electron chi connectivity index (χ3n) is 2.16. The Hall–Kier alpha value is -1.09. The Bertz CT molecular complexity index is 366. The first-order chi connectivity index (χ1) is 7.49. The van der Waals surface area contributed by atoms with Gasteiger partial charge in [-0.3, -0.25) is 9.78 Å². The van der Waals surface area contributed by atoms with E-state index in [1.165, 1.54) is 6.20 Å². The van der Waals surface area contributed by atoms with E-state index in [0.29, 0.717) is 16.6 Å². The highest BCUT2D eigenvalue weighted by atomic mass is 35.5. The summed E-state index contributed by atoms with van der Waals surface area (Å²) in [5, 5.41) is 3.42. The quantitative estimate of drug-likeness (QED) is 0.879. The molecule has 0 spiro atoms. The molecule has 1 amide bonds. The van der Waals surface area contributed by atoms with E-state index in [9.17, 15) is 4.79 Å². The molecule has 0 aliphatic carbocycles. The van der Waals surface area contributed by atoms with Gasteiger partial charge >= 0.3 is 0 Å². The van der Waals surface area contributed by atoms with E-state index in [1.54, 1.807) is 12.1 Å². The van der Waals surface area contributed by atoms with Gasteiger partial charge in [0.2, 0.25) is 0 Å². The van der Waals surface area contributed by atoms with Crippen LogP contribution in [0, 0.1) is 5.92 Å². The SMILES string of the molecule is CC(C)CC(C)NC(=O)c1cc(Cl)ccn1. The Morgan fingerprint density at radius 1 is 1.50 bits per heavy atom. The van der Waals surface area contributed by atoms with Crippen LogP contribution in [-0.2, 0) is 0 Å². The number of carbonyl (C=O) groups is 1. The molecule has 0 fully saturated rings. The number of rotatable bonds is 4. The summed E-state index contributed by atoms with van der Waals surface area (Å²) in [7, 11) is 0. The van der Waals surface area contributed by atoms with Crippen LogP contribution in [0.1, 0.15) is 37.7 Å². The molecule has 4 heteroatoms. The van der Waals surface area contributed by atoms with Crippen LogP contribution in [0.15, 0.2) is 18.3 Å². The fourth-order valence-corrected chi connectivity index (χ4v) is 1.75. The number of halogens is 1. The molecule has 0 bridgehead atoms. The molecule has 0 saturated carbocycles. The van der Waals surface area contributed by atoms with Gasteiger partial charge in [0.15, 0.2) is 0 Å². The number of nitrogens with zero attached hydrogens (tertiary/aromatic N) is 1. The van der Waals surface area contributed by atoms with Crippen LogP contribution in [0.2, 0.25) is 5.02 Å². The van der Waals surface area contributed by atoms with Gasteiger partial charge in [-0.15, -0.1) is 0 Å². The summed E-state index contributed by atoms with van der Waals surface area (Å²) in [6.45, 7) is 6.24. The predicted octanol–water partition coefficient (Wildman–Crippen LogP) is 2.90. The van der Waals surface area contributed by atoms with E-state index >= 15 is 0 Å². The van der Waals surface area contributed by atoms with Crippen LogP contribution in [0.3, 0.4) is 0 Å². The minimum Gasteiger partial charge on any atom is -0.348 e. The number of hydrogen-bond donors (Lipinski definition) is 1. The normalized spacial score (nSPS) is 12.6. The van der Waals surface area contributed by atoms with E-state index in [1.807, 2.05) is 6.92 Å². The van der Waals surface area contributed by atoms with Crippen molar-refractivity contribution in [2.45, 2.75) is 33.2 Å². The Morgan fingerprint density at radius 2 is 2.19 bits per heavy atom. The van der Waals surface area contributed by atoms with Gasteiger partial charge in [0.25, 0.3) is 5.91 Å². The molecule has 3 nitrogen and oxygen atoms in total. The molecule has 1 heterocycles. The summed E-state index contributed by atoms with van der Waals surface area (Å²) in [6.07, 6.45) is 2.48. The van der Waals surface area contributed by atoms with Crippen molar-refractivity contribution in [1.82, 2.24) is 10.3 Å². The van der Waals surface area contributed by atoms with Crippen molar-refractivity contribution in [2.75, 3.05) is 0 Å². The number of amides is 1. The standard InChI is InChI=1S/C12H17ClN2O/c1-8(2)6-9(3)15-12(16)11-7-10(13)4-5-14-11/h4-5,7-9H,6H2,1-3H3,(H,15,16). The molecule has 1 aromatic heterocycles. The van der Waals surface area contributed by atoms with Crippen LogP contribution in [-0.4, -0.2) is 16.9 Å². The molecular weight excluding hydrogens is 224 g/mol. The monoisotopic (exact) mass is 240 g/mol. The molecular formula is C12H17ClN2O. The highest BCUT2D eigenvalue weighted by Gasteiger charge is 2.12. The highest BCUT2D eigenvalue weighted by molar-refractivity contribution is 6.30. The molecule has 1 unspecified atom stereocenters. The molecule has 16 heavy (non-hydrogen) atoms. The maximum Gasteiger partial charge on any atom is 0.270 e. The third-order valence-corrected chi connectivity index (χ3v) is 2.39. The second kappa shape index (κ2) is 5.85. The molecule has 0 aliphatic heterocycles. The zero-order chi connectivity index (χ0) is 12.1. The zero-order valence-electron chi connectivity index (χ0n) is 9.83. The van der Waals surface area contributed by atoms with Crippen LogP contribution in [0.4, 0.5) is 0 Å². The van der Waals surface area contributed by atoms with Gasteiger partial charge in [0, 0.05) is 17.3 Å². The lowest BCUT2D eigenvalue weighted by Crippen LogP contribution is -2.33. The molecule has 1 rings (SSSR count). The number of pyridine rings is 1. The van der Waals surface area contributed by atoms with Crippen LogP contribution in [0.25, 0.3) is 0 Å². The lowest BCUT2D eigenvalue weighted by molar-refractivity contribution is 0.0931. The van der Waals surface area contributed by atoms with Crippen molar-refractivity contribution in [3.63, 3.8) is 0 Å². The predicted molar refractivity (Wildman–Crippen MR) is 65.6 cm³/mol. The van der Waals surface area contributed by atoms with Gasteiger partial charge in [0.1, 0.15) is 5.69 Å². The van der Waals surface area contributed by atoms with Gasteiger partial charge in [-0.05, 0) is 31.4 Å². The Labute approximate surface area is 101 Å². The maximum atomic E-state index is 11.8. The van der Waals surface area contributed by atoms with E-state index in [-0.39, 0.29) is 11.9 Å². The molecule has 1 N–H and O–H groups in total. The smallest absolute Gasteiger partial charge is 0.270 e. The average Bonchev–Trinajstić information content (AvgIpc) is 2.16. The first-order valence-corrected chi connectivity index (χ1v) is 5.79. The average molecular weight is 241 g/mol. The second-order valence-corrected chi connectivity index (χ2v) is 4.80. The second-order valence-electron chi connectivity index (χ2n) is 4.36. The topological polar surface area (TPSA) is 42.0 Å². The van der Waals surface area contributed by atoms with E-state index in [0.717, 1.165) is 6.42 Å². The molecule has 0 aromatic carbocycles. The Balaban J connectivity index is 2.59. The van der Waals surface area contributed by atoms with E-state index < -0.39 is 0 Å². The maximum absolute atomic E-state index is 11.8. The van der Waals surface area contributed by atoms with Crippen molar-refractivity contribution in [3.8, 4) is 0 Å². The number of aromatic nitrogens is 1. The van der Waals surface area contributed by atoms with Crippen molar-refractivity contribution in [3.05, 3.63) is 29.0 Å². The molecule has 1 atom stereocenters. The molecule has 0 radical (unpaired) electrons. The molecule has 1 aromatic rings. The highest BCUT2D eigenvalue weighted by Crippen LogP contribution is 2.09. The summed E-state index contributed by atoms with van der Waals surface area (Å²) in [5.74, 6) is 0.387. The van der Waals surface area contributed by atoms with E-state index in [2.05, 4.69) is 24.1 Å². The van der Waals surface area contributed by atoms with Crippen LogP contribution in [0.5, 0.6) is 0 Å². The van der Waals surface area contributed by atoms with Gasteiger partial charge in [-0.1, -0.05) is 25.4 Å². The molecule has 0 saturated heterocycles. The van der Waals surface area contributed by atoms with Crippen molar-refractivity contribution in [1.29, 1.82) is 0 Å². The van der Waals surface area contributed by atoms with Gasteiger partial charge in [-0.25, -0.2) is 0 Å². The minimum absolute atomic E-state index is 0.147. The Morgan fingerprint density at radius 3 is 2.75 bits per heavy atom. The lowest BCUT2D eigenvalue weighted by Gasteiger charge is -2.15. The van der Waals surface area contributed by atoms with Gasteiger partial charge in [0.05, 0.1) is 0 Å². The van der Waals surface area contributed by atoms with Crippen molar-refractivity contribution >= 4 is 17.5 Å². The summed E-state index contributed by atoms with van der Waals surface area (Å²) in [4.78, 5) is 15.7. The zero-order valence-corrected chi connectivity index (χ0v) is 10.6. The van der Waals surface area contributed by atoms with Crippen molar-refractivity contribution < 1.29 is 4.79 Å². The lowest BCUT2D eigenvalue weighted by atomic mass is 10.1. The first-order valence-electron chi connectivity index (χ1n) is 5.41. The minimum atomic E-state index is -0.171. The Kier molecular flexibility index (Phi) is 4.74. The largest absolute Gasteiger partial charge is 0.348 e.